The minimum absolute atomic E-state index is 0.558. The fraction of sp³-hybridized carbons (Fsp3) is 0. The number of rotatable bonds is 6. The highest BCUT2D eigenvalue weighted by atomic mass is 16.5. The van der Waals surface area contributed by atoms with Crippen LogP contribution in [0.25, 0.3) is 45.3 Å². The molecule has 157 valence electrons. The van der Waals surface area contributed by atoms with Gasteiger partial charge in [-0.05, 0) is 17.7 Å². The van der Waals surface area contributed by atoms with Crippen LogP contribution in [0.2, 0.25) is 0 Å². The SMILES string of the molecule is O[B]Oc1ccccc1-c1cccc(-c2nc(-c3ccccc3)nc(-c3ccccc3)n2)c1. The third-order valence-electron chi connectivity index (χ3n) is 5.20. The van der Waals surface area contributed by atoms with Crippen molar-refractivity contribution in [2.24, 2.45) is 0 Å². The molecule has 1 N–H and O–H groups in total. The number of aromatic nitrogens is 3. The standard InChI is InChI=1S/C27H19BN3O2/c32-28-33-24-17-8-7-16-23(24)21-14-9-15-22(18-21)27-30-25(19-10-3-1-4-11-19)29-26(31-27)20-12-5-2-6-13-20/h1-18,32H. The van der Waals surface area contributed by atoms with Crippen LogP contribution in [0.5, 0.6) is 5.75 Å². The van der Waals surface area contributed by atoms with Gasteiger partial charge in [-0.2, -0.15) is 0 Å². The second kappa shape index (κ2) is 9.46. The maximum Gasteiger partial charge on any atom is 0.569 e. The van der Waals surface area contributed by atoms with Crippen LogP contribution in [-0.4, -0.2) is 27.7 Å². The fourth-order valence-electron chi connectivity index (χ4n) is 3.63. The molecule has 5 rings (SSSR count). The molecule has 0 saturated heterocycles. The molecule has 0 unspecified atom stereocenters. The molecule has 0 atom stereocenters. The number of para-hydroxylation sites is 1. The molecular formula is C27H19BN3O2. The topological polar surface area (TPSA) is 68.1 Å². The summed E-state index contributed by atoms with van der Waals surface area (Å²) in [7, 11) is 0.687. The third-order valence-corrected chi connectivity index (χ3v) is 5.20. The minimum Gasteiger partial charge on any atom is -0.537 e. The maximum atomic E-state index is 9.13. The van der Waals surface area contributed by atoms with E-state index in [0.717, 1.165) is 27.8 Å². The summed E-state index contributed by atoms with van der Waals surface area (Å²) in [5, 5.41) is 9.13. The Hall–Kier alpha value is -4.29. The van der Waals surface area contributed by atoms with Gasteiger partial charge in [-0.1, -0.05) is 97.1 Å². The zero-order valence-electron chi connectivity index (χ0n) is 17.7. The summed E-state index contributed by atoms with van der Waals surface area (Å²) in [6.45, 7) is 0. The quantitative estimate of drug-likeness (QED) is 0.365. The van der Waals surface area contributed by atoms with Gasteiger partial charge in [0.2, 0.25) is 0 Å². The Kier molecular flexibility index (Phi) is 5.91. The van der Waals surface area contributed by atoms with Gasteiger partial charge in [0.25, 0.3) is 0 Å². The molecule has 0 amide bonds. The summed E-state index contributed by atoms with van der Waals surface area (Å²) < 4.78 is 5.28. The Bertz CT molecular complexity index is 1320. The van der Waals surface area contributed by atoms with E-state index in [9.17, 15) is 0 Å². The van der Waals surface area contributed by atoms with E-state index in [0.29, 0.717) is 30.9 Å². The number of nitrogens with zero attached hydrogens (tertiary/aromatic N) is 3. The molecule has 5 aromatic rings. The van der Waals surface area contributed by atoms with Gasteiger partial charge < -0.3 is 9.68 Å². The largest absolute Gasteiger partial charge is 0.569 e. The molecule has 1 radical (unpaired) electrons. The molecule has 0 bridgehead atoms. The molecule has 1 heterocycles. The summed E-state index contributed by atoms with van der Waals surface area (Å²) in [5.74, 6) is 2.37. The van der Waals surface area contributed by atoms with Crippen LogP contribution in [0.15, 0.2) is 109 Å². The predicted molar refractivity (Wildman–Crippen MR) is 130 cm³/mol. The molecule has 6 heteroatoms. The molecule has 0 aliphatic carbocycles. The predicted octanol–water partition coefficient (Wildman–Crippen LogP) is 5.44. The van der Waals surface area contributed by atoms with Gasteiger partial charge >= 0.3 is 7.69 Å². The van der Waals surface area contributed by atoms with Crippen LogP contribution in [0, 0.1) is 0 Å². The Morgan fingerprint density at radius 3 is 1.61 bits per heavy atom. The number of benzene rings is 4. The van der Waals surface area contributed by atoms with E-state index in [1.165, 1.54) is 0 Å². The summed E-state index contributed by atoms with van der Waals surface area (Å²) in [4.78, 5) is 14.3. The average Bonchev–Trinajstić information content (AvgIpc) is 2.90. The number of hydrogen-bond acceptors (Lipinski definition) is 5. The lowest BCUT2D eigenvalue weighted by atomic mass is 10.0. The first kappa shape index (κ1) is 20.6. The van der Waals surface area contributed by atoms with Gasteiger partial charge in [0.05, 0.1) is 0 Å². The lowest BCUT2D eigenvalue weighted by molar-refractivity contribution is 0.455. The Labute approximate surface area is 192 Å². The van der Waals surface area contributed by atoms with Gasteiger partial charge in [-0.25, -0.2) is 15.0 Å². The molecule has 0 fully saturated rings. The second-order valence-corrected chi connectivity index (χ2v) is 7.34. The molecule has 0 saturated carbocycles. The molecule has 5 nitrogen and oxygen atoms in total. The molecule has 0 aliphatic heterocycles. The monoisotopic (exact) mass is 428 g/mol. The highest BCUT2D eigenvalue weighted by Crippen LogP contribution is 2.32. The lowest BCUT2D eigenvalue weighted by Crippen LogP contribution is -2.01. The normalized spacial score (nSPS) is 10.6. The van der Waals surface area contributed by atoms with Gasteiger partial charge in [0.15, 0.2) is 17.5 Å². The van der Waals surface area contributed by atoms with Crippen molar-refractivity contribution in [1.82, 2.24) is 15.0 Å². The van der Waals surface area contributed by atoms with E-state index >= 15 is 0 Å². The smallest absolute Gasteiger partial charge is 0.537 e. The maximum absolute atomic E-state index is 9.13. The lowest BCUT2D eigenvalue weighted by Gasteiger charge is -2.12. The summed E-state index contributed by atoms with van der Waals surface area (Å²) in [6, 6.07) is 35.2. The Morgan fingerprint density at radius 2 is 1.00 bits per heavy atom. The van der Waals surface area contributed by atoms with Crippen LogP contribution in [0.1, 0.15) is 0 Å². The first-order valence-electron chi connectivity index (χ1n) is 10.5. The Morgan fingerprint density at radius 1 is 0.515 bits per heavy atom. The van der Waals surface area contributed by atoms with Crippen molar-refractivity contribution in [2.45, 2.75) is 0 Å². The van der Waals surface area contributed by atoms with Gasteiger partial charge in [0.1, 0.15) is 5.75 Å². The van der Waals surface area contributed by atoms with E-state index in [4.69, 9.17) is 24.6 Å². The highest BCUT2D eigenvalue weighted by Gasteiger charge is 2.13. The summed E-state index contributed by atoms with van der Waals surface area (Å²) >= 11 is 0. The van der Waals surface area contributed by atoms with E-state index in [2.05, 4.69) is 0 Å². The molecule has 33 heavy (non-hydrogen) atoms. The minimum atomic E-state index is 0.558. The van der Waals surface area contributed by atoms with Crippen LogP contribution in [0.3, 0.4) is 0 Å². The van der Waals surface area contributed by atoms with Gasteiger partial charge in [0, 0.05) is 22.3 Å². The molecule has 1 aromatic heterocycles. The summed E-state index contributed by atoms with van der Waals surface area (Å²) in [5.41, 5.74) is 4.48. The van der Waals surface area contributed by atoms with Crippen molar-refractivity contribution in [1.29, 1.82) is 0 Å². The van der Waals surface area contributed by atoms with Crippen LogP contribution < -0.4 is 4.65 Å². The van der Waals surface area contributed by atoms with E-state index in [-0.39, 0.29) is 0 Å². The van der Waals surface area contributed by atoms with E-state index in [1.54, 1.807) is 6.07 Å². The fourth-order valence-corrected chi connectivity index (χ4v) is 3.63. The van der Waals surface area contributed by atoms with Crippen molar-refractivity contribution in [3.63, 3.8) is 0 Å². The van der Waals surface area contributed by atoms with Gasteiger partial charge in [-0.15, -0.1) is 0 Å². The first-order chi connectivity index (χ1) is 16.3. The van der Waals surface area contributed by atoms with Crippen LogP contribution in [-0.2, 0) is 0 Å². The van der Waals surface area contributed by atoms with Crippen molar-refractivity contribution in [3.8, 4) is 51.0 Å². The van der Waals surface area contributed by atoms with Crippen molar-refractivity contribution >= 4 is 7.69 Å². The average molecular weight is 428 g/mol. The molecule has 0 spiro atoms. The van der Waals surface area contributed by atoms with Crippen molar-refractivity contribution in [3.05, 3.63) is 109 Å². The summed E-state index contributed by atoms with van der Waals surface area (Å²) in [6.07, 6.45) is 0. The number of hydrogen-bond donors (Lipinski definition) is 1. The zero-order chi connectivity index (χ0) is 22.5. The van der Waals surface area contributed by atoms with Gasteiger partial charge in [-0.3, -0.25) is 0 Å². The molecular weight excluding hydrogens is 409 g/mol. The van der Waals surface area contributed by atoms with Crippen LogP contribution in [0.4, 0.5) is 0 Å². The zero-order valence-corrected chi connectivity index (χ0v) is 17.7. The molecule has 4 aromatic carbocycles. The second-order valence-electron chi connectivity index (χ2n) is 7.34. The molecule has 0 aliphatic rings. The first-order valence-corrected chi connectivity index (χ1v) is 10.5. The highest BCUT2D eigenvalue weighted by molar-refractivity contribution is 6.17. The van der Waals surface area contributed by atoms with Crippen LogP contribution >= 0.6 is 0 Å². The Balaban J connectivity index is 1.65. The third kappa shape index (κ3) is 4.51. The van der Waals surface area contributed by atoms with Crippen molar-refractivity contribution < 1.29 is 9.68 Å². The van der Waals surface area contributed by atoms with E-state index < -0.39 is 0 Å². The van der Waals surface area contributed by atoms with E-state index in [1.807, 2.05) is 103 Å². The van der Waals surface area contributed by atoms with Crippen molar-refractivity contribution in [2.75, 3.05) is 0 Å².